The van der Waals surface area contributed by atoms with Gasteiger partial charge < -0.3 is 15.0 Å². The number of ether oxygens (including phenoxy) is 1. The van der Waals surface area contributed by atoms with Crippen LogP contribution in [0.3, 0.4) is 0 Å². The predicted octanol–water partition coefficient (Wildman–Crippen LogP) is 3.87. The van der Waals surface area contributed by atoms with E-state index in [1.54, 1.807) is 37.8 Å². The molecule has 31 heavy (non-hydrogen) atoms. The highest BCUT2D eigenvalue weighted by Crippen LogP contribution is 2.29. The number of carbonyl (C=O) groups is 2. The minimum atomic E-state index is -4.28. The Morgan fingerprint density at radius 3 is 2.71 bits per heavy atom. The summed E-state index contributed by atoms with van der Waals surface area (Å²) in [5.41, 5.74) is 2.31. The van der Waals surface area contributed by atoms with Crippen molar-refractivity contribution >= 4 is 17.6 Å². The molecule has 0 saturated carbocycles. The molecule has 0 saturated heterocycles. The van der Waals surface area contributed by atoms with Crippen molar-refractivity contribution < 1.29 is 27.5 Å². The van der Waals surface area contributed by atoms with Gasteiger partial charge in [0.25, 0.3) is 5.91 Å². The first-order valence-corrected chi connectivity index (χ1v) is 9.78. The van der Waals surface area contributed by atoms with E-state index in [4.69, 9.17) is 4.74 Å². The van der Waals surface area contributed by atoms with Crippen LogP contribution in [-0.2, 0) is 17.9 Å². The van der Waals surface area contributed by atoms with E-state index < -0.39 is 19.2 Å². The second kappa shape index (κ2) is 8.91. The van der Waals surface area contributed by atoms with Gasteiger partial charge >= 0.3 is 6.18 Å². The molecular weight excluding hydrogens is 413 g/mol. The molecule has 0 aromatic carbocycles. The SMILES string of the molecule is Cc1cc(CN2Cc3c(ccnc3NC(=O)C(C)C)C2=O)ncc1OCCC(F)(F)F. The van der Waals surface area contributed by atoms with Crippen LogP contribution in [0.4, 0.5) is 19.0 Å². The number of aromatic nitrogens is 2. The maximum absolute atomic E-state index is 12.8. The van der Waals surface area contributed by atoms with Crippen LogP contribution >= 0.6 is 0 Å². The number of nitrogens with one attached hydrogen (secondary N) is 1. The van der Waals surface area contributed by atoms with Crippen molar-refractivity contribution in [2.75, 3.05) is 11.9 Å². The molecule has 3 heterocycles. The number of nitrogens with zero attached hydrogens (tertiary/aromatic N) is 3. The van der Waals surface area contributed by atoms with E-state index in [2.05, 4.69) is 15.3 Å². The number of halogens is 3. The summed E-state index contributed by atoms with van der Waals surface area (Å²) >= 11 is 0. The maximum Gasteiger partial charge on any atom is 0.392 e. The van der Waals surface area contributed by atoms with Crippen LogP contribution < -0.4 is 10.1 Å². The molecule has 0 atom stereocenters. The Balaban J connectivity index is 1.68. The van der Waals surface area contributed by atoms with Gasteiger partial charge in [-0.2, -0.15) is 13.2 Å². The van der Waals surface area contributed by atoms with Crippen LogP contribution in [0, 0.1) is 12.8 Å². The number of alkyl halides is 3. The lowest BCUT2D eigenvalue weighted by Gasteiger charge is -2.17. The number of hydrogen-bond acceptors (Lipinski definition) is 5. The quantitative estimate of drug-likeness (QED) is 0.713. The molecule has 0 spiro atoms. The zero-order chi connectivity index (χ0) is 22.8. The predicted molar refractivity (Wildman–Crippen MR) is 106 cm³/mol. The highest BCUT2D eigenvalue weighted by Gasteiger charge is 2.31. The fourth-order valence-corrected chi connectivity index (χ4v) is 3.09. The number of hydrogen-bond donors (Lipinski definition) is 1. The number of amides is 2. The van der Waals surface area contributed by atoms with Crippen molar-refractivity contribution in [3.05, 3.63) is 46.9 Å². The van der Waals surface area contributed by atoms with E-state index in [0.717, 1.165) is 0 Å². The summed E-state index contributed by atoms with van der Waals surface area (Å²) in [7, 11) is 0. The van der Waals surface area contributed by atoms with Gasteiger partial charge in [0, 0.05) is 23.2 Å². The van der Waals surface area contributed by atoms with Crippen LogP contribution in [0.2, 0.25) is 0 Å². The van der Waals surface area contributed by atoms with Crippen LogP contribution in [0.25, 0.3) is 0 Å². The summed E-state index contributed by atoms with van der Waals surface area (Å²) in [5, 5.41) is 2.75. The summed E-state index contributed by atoms with van der Waals surface area (Å²) in [6, 6.07) is 3.29. The molecular formula is C21H23F3N4O3. The summed E-state index contributed by atoms with van der Waals surface area (Å²) in [6.45, 7) is 5.22. The molecule has 0 fully saturated rings. The molecule has 1 N–H and O–H groups in total. The van der Waals surface area contributed by atoms with Crippen molar-refractivity contribution in [2.24, 2.45) is 5.92 Å². The van der Waals surface area contributed by atoms with Crippen molar-refractivity contribution in [1.82, 2.24) is 14.9 Å². The standard InChI is InChI=1S/C21H23F3N4O3/c1-12(2)19(29)27-18-16-11-28(20(30)15(16)4-6-25-18)10-14-8-13(3)17(9-26-14)31-7-5-21(22,23)24/h4,6,8-9,12H,5,7,10-11H2,1-3H3,(H,25,27,29). The lowest BCUT2D eigenvalue weighted by molar-refractivity contribution is -0.139. The highest BCUT2D eigenvalue weighted by molar-refractivity contribution is 6.01. The molecule has 3 rings (SSSR count). The molecule has 0 unspecified atom stereocenters. The number of pyridine rings is 2. The first-order valence-electron chi connectivity index (χ1n) is 9.78. The molecule has 7 nitrogen and oxygen atoms in total. The van der Waals surface area contributed by atoms with Gasteiger partial charge in [-0.3, -0.25) is 14.6 Å². The first kappa shape index (κ1) is 22.5. The summed E-state index contributed by atoms with van der Waals surface area (Å²) in [4.78, 5) is 34.8. The van der Waals surface area contributed by atoms with Gasteiger partial charge in [0.05, 0.1) is 38.0 Å². The molecule has 2 amide bonds. The second-order valence-electron chi connectivity index (χ2n) is 7.65. The van der Waals surface area contributed by atoms with E-state index >= 15 is 0 Å². The van der Waals surface area contributed by atoms with Gasteiger partial charge in [-0.05, 0) is 24.6 Å². The lowest BCUT2D eigenvalue weighted by Crippen LogP contribution is -2.24. The monoisotopic (exact) mass is 436 g/mol. The van der Waals surface area contributed by atoms with E-state index in [1.807, 2.05) is 0 Å². The minimum Gasteiger partial charge on any atom is -0.491 e. The molecule has 2 aromatic heterocycles. The Kier molecular flexibility index (Phi) is 6.47. The van der Waals surface area contributed by atoms with Gasteiger partial charge in [-0.15, -0.1) is 0 Å². The zero-order valence-corrected chi connectivity index (χ0v) is 17.4. The fraction of sp³-hybridized carbons (Fsp3) is 0.429. The largest absolute Gasteiger partial charge is 0.491 e. The maximum atomic E-state index is 12.8. The molecule has 2 aromatic rings. The first-order chi connectivity index (χ1) is 14.5. The zero-order valence-electron chi connectivity index (χ0n) is 17.4. The minimum absolute atomic E-state index is 0.190. The van der Waals surface area contributed by atoms with Gasteiger partial charge in [0.15, 0.2) is 0 Å². The molecule has 0 aliphatic carbocycles. The van der Waals surface area contributed by atoms with E-state index in [-0.39, 0.29) is 36.6 Å². The van der Waals surface area contributed by atoms with Crippen LogP contribution in [0.1, 0.15) is 47.4 Å². The fourth-order valence-electron chi connectivity index (χ4n) is 3.09. The number of aryl methyl sites for hydroxylation is 1. The number of carbonyl (C=O) groups excluding carboxylic acids is 2. The summed E-state index contributed by atoms with van der Waals surface area (Å²) in [6.07, 6.45) is -2.48. The Bertz CT molecular complexity index is 992. The summed E-state index contributed by atoms with van der Waals surface area (Å²) in [5.74, 6) is 0.0130. The lowest BCUT2D eigenvalue weighted by atomic mass is 10.1. The van der Waals surface area contributed by atoms with E-state index in [0.29, 0.717) is 28.2 Å². The molecule has 10 heteroatoms. The smallest absolute Gasteiger partial charge is 0.392 e. The van der Waals surface area contributed by atoms with Crippen LogP contribution in [0.5, 0.6) is 5.75 Å². The van der Waals surface area contributed by atoms with Crippen molar-refractivity contribution in [3.8, 4) is 5.75 Å². The van der Waals surface area contributed by atoms with Crippen LogP contribution in [0.15, 0.2) is 24.5 Å². The second-order valence-corrected chi connectivity index (χ2v) is 7.65. The highest BCUT2D eigenvalue weighted by atomic mass is 19.4. The Morgan fingerprint density at radius 2 is 2.06 bits per heavy atom. The molecule has 0 bridgehead atoms. The molecule has 1 aliphatic heterocycles. The number of rotatable bonds is 7. The normalized spacial score (nSPS) is 13.5. The van der Waals surface area contributed by atoms with Gasteiger partial charge in [0.2, 0.25) is 5.91 Å². The summed E-state index contributed by atoms with van der Waals surface area (Å²) < 4.78 is 42.0. The topological polar surface area (TPSA) is 84.4 Å². The van der Waals surface area contributed by atoms with Crippen molar-refractivity contribution in [1.29, 1.82) is 0 Å². The van der Waals surface area contributed by atoms with Crippen molar-refractivity contribution in [3.63, 3.8) is 0 Å². The van der Waals surface area contributed by atoms with Crippen LogP contribution in [-0.4, -0.2) is 39.5 Å². The third kappa shape index (κ3) is 5.50. The molecule has 166 valence electrons. The van der Waals surface area contributed by atoms with Gasteiger partial charge in [0.1, 0.15) is 11.6 Å². The average molecular weight is 436 g/mol. The Morgan fingerprint density at radius 1 is 1.32 bits per heavy atom. The van der Waals surface area contributed by atoms with E-state index in [1.165, 1.54) is 12.4 Å². The van der Waals surface area contributed by atoms with E-state index in [9.17, 15) is 22.8 Å². The van der Waals surface area contributed by atoms with Gasteiger partial charge in [-0.25, -0.2) is 4.98 Å². The third-order valence-electron chi connectivity index (χ3n) is 4.80. The Hall–Kier alpha value is -3.17. The number of anilines is 1. The Labute approximate surface area is 177 Å². The number of fused-ring (bicyclic) bond motifs is 1. The van der Waals surface area contributed by atoms with Gasteiger partial charge in [-0.1, -0.05) is 13.8 Å². The average Bonchev–Trinajstić information content (AvgIpc) is 2.99. The van der Waals surface area contributed by atoms with Crippen molar-refractivity contribution in [2.45, 2.75) is 46.5 Å². The molecule has 0 radical (unpaired) electrons. The third-order valence-corrected chi connectivity index (χ3v) is 4.80. The molecule has 1 aliphatic rings.